The van der Waals surface area contributed by atoms with Crippen molar-refractivity contribution >= 4 is 0 Å². The second-order valence-electron chi connectivity index (χ2n) is 8.81. The predicted molar refractivity (Wildman–Crippen MR) is 110 cm³/mol. The lowest BCUT2D eigenvalue weighted by Gasteiger charge is -2.48. The fourth-order valence-corrected chi connectivity index (χ4v) is 4.44. The molecule has 1 saturated carbocycles. The van der Waals surface area contributed by atoms with E-state index in [2.05, 4.69) is 5.32 Å². The van der Waals surface area contributed by atoms with Crippen molar-refractivity contribution in [3.63, 3.8) is 0 Å². The van der Waals surface area contributed by atoms with Gasteiger partial charge in [-0.2, -0.15) is 0 Å². The van der Waals surface area contributed by atoms with E-state index >= 15 is 0 Å². The highest BCUT2D eigenvalue weighted by molar-refractivity contribution is 5.04. The molecule has 1 aliphatic carbocycles. The average molecular weight is 448 g/mol. The third-order valence-corrected chi connectivity index (χ3v) is 6.22. The Balaban J connectivity index is 1.69. The number of rotatable bonds is 6. The Morgan fingerprint density at radius 3 is 2.29 bits per heavy atom. The van der Waals surface area contributed by atoms with Crippen LogP contribution in [0.3, 0.4) is 0 Å². The molecule has 0 spiro atoms. The van der Waals surface area contributed by atoms with E-state index in [0.29, 0.717) is 18.6 Å². The zero-order chi connectivity index (χ0) is 22.9. The summed E-state index contributed by atoms with van der Waals surface area (Å²) in [6, 6.07) is -2.37. The molecule has 2 fully saturated rings. The van der Waals surface area contributed by atoms with Crippen molar-refractivity contribution < 1.29 is 34.3 Å². The van der Waals surface area contributed by atoms with Crippen LogP contribution < -0.4 is 28.3 Å². The molecule has 12 N–H and O–H groups in total. The lowest BCUT2D eigenvalue weighted by atomic mass is 9.84. The molecule has 0 unspecified atom stereocenters. The number of aliphatic hydroxyl groups excluding tert-OH is 2. The van der Waals surface area contributed by atoms with Gasteiger partial charge in [-0.25, -0.2) is 0 Å². The number of hydrogen-bond acceptors (Lipinski definition) is 12. The summed E-state index contributed by atoms with van der Waals surface area (Å²) in [5.74, 6) is 0.555. The maximum absolute atomic E-state index is 11.0. The Morgan fingerprint density at radius 2 is 1.71 bits per heavy atom. The standard InChI is InChI=1S/C19H37N5O7/c1-19(27)7-28-18(13(26)16(19)24-2)31-15-11(23)5-10(22)14(12(15)25)30-17-9(21)4-3-8(6-20)29-17/h3,9-18,24-27H,4-7,20-23H2,1-2H3/t9-,10-,11+,12-,13-,14-,15+,16+,17-,18-,19+/m0/s1. The Labute approximate surface area is 181 Å². The van der Waals surface area contributed by atoms with Gasteiger partial charge in [-0.05, 0) is 32.9 Å². The van der Waals surface area contributed by atoms with Gasteiger partial charge >= 0.3 is 0 Å². The van der Waals surface area contributed by atoms with Crippen LogP contribution in [-0.2, 0) is 18.9 Å². The van der Waals surface area contributed by atoms with Crippen LogP contribution in [0.5, 0.6) is 0 Å². The monoisotopic (exact) mass is 447 g/mol. The molecule has 2 aliphatic heterocycles. The van der Waals surface area contributed by atoms with Crippen molar-refractivity contribution in [1.82, 2.24) is 5.32 Å². The summed E-state index contributed by atoms with van der Waals surface area (Å²) >= 11 is 0. The maximum Gasteiger partial charge on any atom is 0.215 e. The zero-order valence-electron chi connectivity index (χ0n) is 18.0. The molecule has 3 aliphatic rings. The van der Waals surface area contributed by atoms with Gasteiger partial charge < -0.3 is 62.5 Å². The van der Waals surface area contributed by atoms with E-state index < -0.39 is 66.8 Å². The van der Waals surface area contributed by atoms with Crippen LogP contribution in [0.1, 0.15) is 19.8 Å². The summed E-state index contributed by atoms with van der Waals surface area (Å²) in [6.45, 7) is 1.68. The lowest BCUT2D eigenvalue weighted by molar-refractivity contribution is -0.303. The van der Waals surface area contributed by atoms with Crippen LogP contribution in [0.25, 0.3) is 0 Å². The summed E-state index contributed by atoms with van der Waals surface area (Å²) in [4.78, 5) is 0. The van der Waals surface area contributed by atoms with Crippen molar-refractivity contribution in [2.45, 2.75) is 86.5 Å². The molecule has 0 bridgehead atoms. The molecule has 2 heterocycles. The van der Waals surface area contributed by atoms with E-state index in [1.54, 1.807) is 20.0 Å². The summed E-state index contributed by atoms with van der Waals surface area (Å²) in [7, 11) is 1.62. The third-order valence-electron chi connectivity index (χ3n) is 6.22. The topological polar surface area (TPSA) is 214 Å². The van der Waals surface area contributed by atoms with Gasteiger partial charge in [0.2, 0.25) is 6.29 Å². The SMILES string of the molecule is CN[C@@H]1[C@H](O)[C@H](O[C@H]2[C@@H](O)[C@@H](O[C@@H]3OC(CN)=CC[C@@H]3N)[C@@H](N)C[C@H]2N)OC[C@@]1(C)O. The van der Waals surface area contributed by atoms with Gasteiger partial charge in [-0.1, -0.05) is 0 Å². The minimum atomic E-state index is -1.29. The molecule has 0 aromatic carbocycles. The first-order chi connectivity index (χ1) is 14.6. The molecular weight excluding hydrogens is 410 g/mol. The molecule has 0 radical (unpaired) electrons. The molecule has 1 saturated heterocycles. The molecule has 3 rings (SSSR count). The normalized spacial score (nSPS) is 48.7. The van der Waals surface area contributed by atoms with Crippen molar-refractivity contribution in [3.05, 3.63) is 11.8 Å². The van der Waals surface area contributed by atoms with Gasteiger partial charge in [0.1, 0.15) is 35.8 Å². The van der Waals surface area contributed by atoms with Crippen LogP contribution in [0.4, 0.5) is 0 Å². The lowest BCUT2D eigenvalue weighted by Crippen LogP contribution is -2.68. The minimum Gasteiger partial charge on any atom is -0.467 e. The first-order valence-corrected chi connectivity index (χ1v) is 10.6. The van der Waals surface area contributed by atoms with Crippen molar-refractivity contribution in [1.29, 1.82) is 0 Å². The summed E-state index contributed by atoms with van der Waals surface area (Å²) in [6.07, 6.45) is -3.56. The van der Waals surface area contributed by atoms with Gasteiger partial charge in [0.05, 0.1) is 25.2 Å². The second-order valence-corrected chi connectivity index (χ2v) is 8.81. The Hall–Kier alpha value is -0.900. The van der Waals surface area contributed by atoms with Crippen molar-refractivity contribution in [2.75, 3.05) is 20.2 Å². The summed E-state index contributed by atoms with van der Waals surface area (Å²) in [5.41, 5.74) is 22.9. The average Bonchev–Trinajstić information content (AvgIpc) is 2.71. The molecule has 12 nitrogen and oxygen atoms in total. The molecule has 12 heteroatoms. The quantitative estimate of drug-likeness (QED) is 0.196. The van der Waals surface area contributed by atoms with Gasteiger partial charge in [0.15, 0.2) is 6.29 Å². The number of hydrogen-bond donors (Lipinski definition) is 8. The van der Waals surface area contributed by atoms with Gasteiger partial charge in [0, 0.05) is 12.1 Å². The van der Waals surface area contributed by atoms with Crippen LogP contribution in [0.15, 0.2) is 11.8 Å². The van der Waals surface area contributed by atoms with Crippen LogP contribution >= 0.6 is 0 Å². The largest absolute Gasteiger partial charge is 0.467 e. The van der Waals surface area contributed by atoms with E-state index in [-0.39, 0.29) is 13.2 Å². The predicted octanol–water partition coefficient (Wildman–Crippen LogP) is -3.85. The van der Waals surface area contributed by atoms with Crippen LogP contribution in [0, 0.1) is 0 Å². The zero-order valence-corrected chi connectivity index (χ0v) is 18.0. The fraction of sp³-hybridized carbons (Fsp3) is 0.895. The molecule has 0 aromatic heterocycles. The first kappa shape index (κ1) is 24.7. The minimum absolute atomic E-state index is 0.0727. The Bertz CT molecular complexity index is 639. The number of likely N-dealkylation sites (N-methyl/N-ethyl adjacent to an activating group) is 1. The fourth-order valence-electron chi connectivity index (χ4n) is 4.44. The number of ether oxygens (including phenoxy) is 4. The smallest absolute Gasteiger partial charge is 0.215 e. The third kappa shape index (κ3) is 5.20. The van der Waals surface area contributed by atoms with Crippen molar-refractivity contribution in [3.8, 4) is 0 Å². The molecule has 0 aromatic rings. The number of nitrogens with two attached hydrogens (primary N) is 4. The molecule has 11 atom stereocenters. The molecule has 0 amide bonds. The number of aliphatic hydroxyl groups is 3. The Kier molecular flexibility index (Phi) is 7.92. The highest BCUT2D eigenvalue weighted by Gasteiger charge is 2.50. The van der Waals surface area contributed by atoms with Gasteiger partial charge in [0.25, 0.3) is 0 Å². The molecule has 31 heavy (non-hydrogen) atoms. The maximum atomic E-state index is 11.0. The molecular formula is C19H37N5O7. The highest BCUT2D eigenvalue weighted by Crippen LogP contribution is 2.31. The number of nitrogens with one attached hydrogen (secondary N) is 1. The van der Waals surface area contributed by atoms with E-state index in [0.717, 1.165) is 0 Å². The van der Waals surface area contributed by atoms with Crippen LogP contribution in [0.2, 0.25) is 0 Å². The van der Waals surface area contributed by atoms with E-state index in [1.807, 2.05) is 0 Å². The van der Waals surface area contributed by atoms with Crippen molar-refractivity contribution in [2.24, 2.45) is 22.9 Å². The second kappa shape index (κ2) is 9.93. The van der Waals surface area contributed by atoms with E-state index in [9.17, 15) is 15.3 Å². The van der Waals surface area contributed by atoms with Gasteiger partial charge in [-0.15, -0.1) is 0 Å². The Morgan fingerprint density at radius 1 is 1.10 bits per heavy atom. The summed E-state index contributed by atoms with van der Waals surface area (Å²) in [5, 5.41) is 34.9. The van der Waals surface area contributed by atoms with E-state index in [1.165, 1.54) is 0 Å². The van der Waals surface area contributed by atoms with Gasteiger partial charge in [-0.3, -0.25) is 0 Å². The van der Waals surface area contributed by atoms with E-state index in [4.69, 9.17) is 41.9 Å². The summed E-state index contributed by atoms with van der Waals surface area (Å²) < 4.78 is 23.1. The highest BCUT2D eigenvalue weighted by atomic mass is 16.7. The van der Waals surface area contributed by atoms with Crippen LogP contribution in [-0.4, -0.2) is 102 Å². The first-order valence-electron chi connectivity index (χ1n) is 10.6. The molecule has 180 valence electrons.